The minimum Gasteiger partial charge on any atom is -0.397 e. The highest BCUT2D eigenvalue weighted by atomic mass is 32.2. The molecule has 6 nitrogen and oxygen atoms in total. The van der Waals surface area contributed by atoms with Gasteiger partial charge in [-0.25, -0.2) is 8.42 Å². The number of hydrogen-bond acceptors (Lipinski definition) is 4. The summed E-state index contributed by atoms with van der Waals surface area (Å²) in [5, 5.41) is 2.70. The summed E-state index contributed by atoms with van der Waals surface area (Å²) < 4.78 is 22.8. The fraction of sp³-hybridized carbons (Fsp3) is 0.500. The Morgan fingerprint density at radius 2 is 2.29 bits per heavy atom. The Morgan fingerprint density at radius 3 is 2.88 bits per heavy atom. The zero-order valence-corrected chi connectivity index (χ0v) is 10.1. The van der Waals surface area contributed by atoms with Crippen molar-refractivity contribution >= 4 is 21.4 Å². The van der Waals surface area contributed by atoms with Gasteiger partial charge in [-0.15, -0.1) is 0 Å². The lowest BCUT2D eigenvalue weighted by molar-refractivity contribution is 0.0934. The predicted molar refractivity (Wildman–Crippen MR) is 64.3 cm³/mol. The van der Waals surface area contributed by atoms with Crippen LogP contribution >= 0.6 is 0 Å². The molecule has 0 spiro atoms. The van der Waals surface area contributed by atoms with Crippen LogP contribution in [0.5, 0.6) is 0 Å². The van der Waals surface area contributed by atoms with E-state index in [0.717, 1.165) is 0 Å². The number of nitrogen functional groups attached to an aromatic ring is 1. The largest absolute Gasteiger partial charge is 0.397 e. The number of hydrogen-bond donors (Lipinski definition) is 3. The van der Waals surface area contributed by atoms with E-state index in [9.17, 15) is 13.2 Å². The van der Waals surface area contributed by atoms with Gasteiger partial charge in [0.15, 0.2) is 9.84 Å². The first kappa shape index (κ1) is 12.0. The molecule has 4 N–H and O–H groups in total. The third kappa shape index (κ3) is 3.00. The Hall–Kier alpha value is -1.50. The number of nitrogens with one attached hydrogen (secondary N) is 2. The first-order valence-electron chi connectivity index (χ1n) is 5.41. The summed E-state index contributed by atoms with van der Waals surface area (Å²) in [6, 6.07) is 1.22. The van der Waals surface area contributed by atoms with Crippen LogP contribution < -0.4 is 11.1 Å². The van der Waals surface area contributed by atoms with Crippen LogP contribution in [-0.2, 0) is 9.84 Å². The fourth-order valence-electron chi connectivity index (χ4n) is 1.94. The Kier molecular flexibility index (Phi) is 3.10. The van der Waals surface area contributed by atoms with Crippen molar-refractivity contribution in [2.75, 3.05) is 17.2 Å². The van der Waals surface area contributed by atoms with E-state index in [1.165, 1.54) is 12.3 Å². The minimum absolute atomic E-state index is 0.0227. The third-order valence-electron chi connectivity index (χ3n) is 2.75. The number of aromatic nitrogens is 1. The van der Waals surface area contributed by atoms with Crippen molar-refractivity contribution in [1.29, 1.82) is 0 Å². The first-order chi connectivity index (χ1) is 7.96. The number of aromatic amines is 1. The van der Waals surface area contributed by atoms with Crippen LogP contribution in [0, 0.1) is 0 Å². The molecule has 1 aromatic rings. The second-order valence-electron chi connectivity index (χ2n) is 4.27. The summed E-state index contributed by atoms with van der Waals surface area (Å²) in [6.07, 6.45) is 2.81. The monoisotopic (exact) mass is 257 g/mol. The van der Waals surface area contributed by atoms with Gasteiger partial charge in [0.05, 0.1) is 11.5 Å². The van der Waals surface area contributed by atoms with Crippen molar-refractivity contribution in [3.05, 3.63) is 18.0 Å². The number of anilines is 1. The van der Waals surface area contributed by atoms with Crippen molar-refractivity contribution < 1.29 is 13.2 Å². The summed E-state index contributed by atoms with van der Waals surface area (Å²) in [6.45, 7) is 0. The van der Waals surface area contributed by atoms with Gasteiger partial charge in [0, 0.05) is 17.9 Å². The van der Waals surface area contributed by atoms with Crippen molar-refractivity contribution in [2.45, 2.75) is 18.9 Å². The number of amides is 1. The number of H-pyrrole nitrogens is 1. The Balaban J connectivity index is 1.99. The van der Waals surface area contributed by atoms with E-state index in [-0.39, 0.29) is 23.5 Å². The number of carbonyl (C=O) groups is 1. The lowest BCUT2D eigenvalue weighted by Crippen LogP contribution is -2.43. The Morgan fingerprint density at radius 1 is 1.53 bits per heavy atom. The molecule has 0 aliphatic carbocycles. The average molecular weight is 257 g/mol. The molecule has 1 aromatic heterocycles. The molecular formula is C10H15N3O3S. The normalized spacial score (nSPS) is 23.2. The summed E-state index contributed by atoms with van der Waals surface area (Å²) >= 11 is 0. The van der Waals surface area contributed by atoms with Gasteiger partial charge in [-0.05, 0) is 18.9 Å². The van der Waals surface area contributed by atoms with Gasteiger partial charge in [0.2, 0.25) is 0 Å². The highest BCUT2D eigenvalue weighted by molar-refractivity contribution is 7.91. The number of sulfone groups is 1. The van der Waals surface area contributed by atoms with Gasteiger partial charge in [0.1, 0.15) is 5.69 Å². The third-order valence-corrected chi connectivity index (χ3v) is 4.57. The molecule has 2 rings (SSSR count). The van der Waals surface area contributed by atoms with Gasteiger partial charge in [-0.3, -0.25) is 4.79 Å². The smallest absolute Gasteiger partial charge is 0.268 e. The predicted octanol–water partition coefficient (Wildman–Crippen LogP) is -0.0961. The highest BCUT2D eigenvalue weighted by Crippen LogP contribution is 2.13. The molecule has 1 amide bonds. The molecule has 17 heavy (non-hydrogen) atoms. The summed E-state index contributed by atoms with van der Waals surface area (Å²) in [7, 11) is -3.00. The molecule has 0 saturated carbocycles. The maximum absolute atomic E-state index is 11.7. The van der Waals surface area contributed by atoms with Crippen LogP contribution in [0.2, 0.25) is 0 Å². The standard InChI is InChI=1S/C10H15N3O3S/c11-7-4-9(12-5-7)10(14)13-8-2-1-3-17(15,16)6-8/h4-5,8,12H,1-3,6,11H2,(H,13,14). The zero-order valence-electron chi connectivity index (χ0n) is 9.27. The molecule has 1 unspecified atom stereocenters. The molecule has 1 aliphatic rings. The number of rotatable bonds is 2. The van der Waals surface area contributed by atoms with Crippen LogP contribution in [-0.4, -0.2) is 36.9 Å². The Labute approximate surface area is 99.5 Å². The molecule has 1 aliphatic heterocycles. The lowest BCUT2D eigenvalue weighted by atomic mass is 10.2. The molecule has 7 heteroatoms. The van der Waals surface area contributed by atoms with E-state index in [2.05, 4.69) is 10.3 Å². The second-order valence-corrected chi connectivity index (χ2v) is 6.50. The first-order valence-corrected chi connectivity index (χ1v) is 7.23. The van der Waals surface area contributed by atoms with E-state index in [1.54, 1.807) is 0 Å². The summed E-state index contributed by atoms with van der Waals surface area (Å²) in [5.41, 5.74) is 6.32. The van der Waals surface area contributed by atoms with Crippen LogP contribution in [0.1, 0.15) is 23.3 Å². The zero-order chi connectivity index (χ0) is 12.5. The minimum atomic E-state index is -3.00. The van der Waals surface area contributed by atoms with Crippen molar-refractivity contribution in [3.8, 4) is 0 Å². The molecular weight excluding hydrogens is 242 g/mol. The number of carbonyl (C=O) groups excluding carboxylic acids is 1. The van der Waals surface area contributed by atoms with Crippen molar-refractivity contribution in [1.82, 2.24) is 10.3 Å². The SMILES string of the molecule is Nc1c[nH]c(C(=O)NC2CCCS(=O)(=O)C2)c1. The van der Waals surface area contributed by atoms with Gasteiger partial charge in [-0.2, -0.15) is 0 Å². The maximum Gasteiger partial charge on any atom is 0.268 e. The van der Waals surface area contributed by atoms with E-state index in [4.69, 9.17) is 5.73 Å². The molecule has 1 saturated heterocycles. The topological polar surface area (TPSA) is 105 Å². The molecule has 1 atom stereocenters. The molecule has 0 aromatic carbocycles. The highest BCUT2D eigenvalue weighted by Gasteiger charge is 2.26. The van der Waals surface area contributed by atoms with Gasteiger partial charge in [0.25, 0.3) is 5.91 Å². The van der Waals surface area contributed by atoms with Crippen molar-refractivity contribution in [3.63, 3.8) is 0 Å². The summed E-state index contributed by atoms with van der Waals surface area (Å²) in [5.74, 6) is -0.0761. The quantitative estimate of drug-likeness (QED) is 0.688. The van der Waals surface area contributed by atoms with E-state index in [1.807, 2.05) is 0 Å². The molecule has 1 fully saturated rings. The lowest BCUT2D eigenvalue weighted by Gasteiger charge is -2.22. The van der Waals surface area contributed by atoms with Gasteiger partial charge in [-0.1, -0.05) is 0 Å². The average Bonchev–Trinajstić information content (AvgIpc) is 2.63. The van der Waals surface area contributed by atoms with Gasteiger partial charge < -0.3 is 16.0 Å². The van der Waals surface area contributed by atoms with Crippen LogP contribution in [0.15, 0.2) is 12.3 Å². The van der Waals surface area contributed by atoms with E-state index < -0.39 is 9.84 Å². The van der Waals surface area contributed by atoms with Crippen LogP contribution in [0.25, 0.3) is 0 Å². The molecule has 2 heterocycles. The molecule has 0 bridgehead atoms. The van der Waals surface area contributed by atoms with Crippen LogP contribution in [0.3, 0.4) is 0 Å². The van der Waals surface area contributed by atoms with Crippen molar-refractivity contribution in [2.24, 2.45) is 0 Å². The van der Waals surface area contributed by atoms with Gasteiger partial charge >= 0.3 is 0 Å². The van der Waals surface area contributed by atoms with E-state index >= 15 is 0 Å². The number of nitrogens with two attached hydrogens (primary N) is 1. The van der Waals surface area contributed by atoms with E-state index in [0.29, 0.717) is 24.2 Å². The molecule has 94 valence electrons. The maximum atomic E-state index is 11.7. The van der Waals surface area contributed by atoms with Crippen LogP contribution in [0.4, 0.5) is 5.69 Å². The second kappa shape index (κ2) is 4.40. The fourth-order valence-corrected chi connectivity index (χ4v) is 3.58. The molecule has 0 radical (unpaired) electrons. The summed E-state index contributed by atoms with van der Waals surface area (Å²) in [4.78, 5) is 14.5. The Bertz CT molecular complexity index is 521.